The molecule has 30 heavy (non-hydrogen) atoms. The van der Waals surface area contributed by atoms with Crippen LogP contribution in [-0.4, -0.2) is 32.7 Å². The predicted molar refractivity (Wildman–Crippen MR) is 117 cm³/mol. The quantitative estimate of drug-likeness (QED) is 0.436. The highest BCUT2D eigenvalue weighted by atomic mass is 32.1. The molecule has 0 radical (unpaired) electrons. The van der Waals surface area contributed by atoms with Crippen LogP contribution in [0, 0.1) is 6.92 Å². The van der Waals surface area contributed by atoms with Crippen molar-refractivity contribution in [3.8, 4) is 0 Å². The molecule has 1 aliphatic carbocycles. The zero-order valence-electron chi connectivity index (χ0n) is 17.8. The molecular weight excluding hydrogens is 396 g/mol. The zero-order chi connectivity index (χ0) is 21.2. The largest absolute Gasteiger partial charge is 0.465 e. The minimum Gasteiger partial charge on any atom is -0.465 e. The van der Waals surface area contributed by atoms with Crippen LogP contribution < -0.4 is 0 Å². The number of fused-ring (bicyclic) bond motifs is 3. The zero-order valence-corrected chi connectivity index (χ0v) is 18.6. The topological polar surface area (TPSA) is 69.4 Å². The Morgan fingerprint density at radius 2 is 1.93 bits per heavy atom. The number of benzene rings is 1. The highest BCUT2D eigenvalue weighted by Crippen LogP contribution is 2.54. The molecule has 3 heterocycles. The van der Waals surface area contributed by atoms with Crippen LogP contribution in [0.25, 0.3) is 15.9 Å². The maximum absolute atomic E-state index is 12.1. The summed E-state index contributed by atoms with van der Waals surface area (Å²) in [6, 6.07) is 8.95. The van der Waals surface area contributed by atoms with Crippen LogP contribution in [0.15, 0.2) is 30.6 Å². The van der Waals surface area contributed by atoms with Crippen molar-refractivity contribution < 1.29 is 9.53 Å². The molecule has 0 bridgehead atoms. The van der Waals surface area contributed by atoms with E-state index in [1.54, 1.807) is 10.8 Å². The first-order valence-electron chi connectivity index (χ1n) is 10.1. The van der Waals surface area contributed by atoms with E-state index in [4.69, 9.17) is 14.8 Å². The van der Waals surface area contributed by atoms with Crippen LogP contribution in [0.3, 0.4) is 0 Å². The van der Waals surface area contributed by atoms with Gasteiger partial charge in [0.2, 0.25) is 0 Å². The summed E-state index contributed by atoms with van der Waals surface area (Å²) >= 11 is 1.34. The van der Waals surface area contributed by atoms with E-state index in [9.17, 15) is 4.79 Å². The third-order valence-electron chi connectivity index (χ3n) is 5.98. The number of thiophene rings is 1. The van der Waals surface area contributed by atoms with Crippen LogP contribution in [0.1, 0.15) is 71.2 Å². The van der Waals surface area contributed by atoms with Gasteiger partial charge in [0.25, 0.3) is 0 Å². The van der Waals surface area contributed by atoms with E-state index >= 15 is 0 Å². The monoisotopic (exact) mass is 420 g/mol. The van der Waals surface area contributed by atoms with Crippen molar-refractivity contribution in [1.29, 1.82) is 0 Å². The molecule has 0 spiro atoms. The summed E-state index contributed by atoms with van der Waals surface area (Å²) in [5.74, 6) is 1.28. The molecule has 0 amide bonds. The highest BCUT2D eigenvalue weighted by Gasteiger charge is 2.42. The number of nitrogens with zero attached hydrogens (tertiary/aromatic N) is 4. The smallest absolute Gasteiger partial charge is 0.348 e. The molecule has 1 saturated carbocycles. The first-order chi connectivity index (χ1) is 14.3. The summed E-state index contributed by atoms with van der Waals surface area (Å²) < 4.78 is 6.64. The van der Waals surface area contributed by atoms with Gasteiger partial charge >= 0.3 is 5.97 Å². The minimum atomic E-state index is -0.339. The van der Waals surface area contributed by atoms with Crippen molar-refractivity contribution in [3.05, 3.63) is 58.0 Å². The molecule has 0 aliphatic heterocycles. The van der Waals surface area contributed by atoms with E-state index in [0.717, 1.165) is 33.7 Å². The van der Waals surface area contributed by atoms with Gasteiger partial charge in [0, 0.05) is 5.92 Å². The lowest BCUT2D eigenvalue weighted by atomic mass is 9.86. The standard InChI is InChI=1S/C23H24N4O2S/c1-12-17-20-25-19(26-27(20)11-24-21(17)30-18(12)22(28)29-5)16-10-15(16)13-6-8-14(9-7-13)23(2,3)4/h6-9,11,15-16H,10H2,1-5H3. The maximum Gasteiger partial charge on any atom is 0.348 e. The lowest BCUT2D eigenvalue weighted by Gasteiger charge is -2.19. The average molecular weight is 421 g/mol. The Morgan fingerprint density at radius 1 is 1.20 bits per heavy atom. The van der Waals surface area contributed by atoms with Crippen molar-refractivity contribution in [2.45, 2.75) is 51.4 Å². The number of ether oxygens (including phenoxy) is 1. The second-order valence-electron chi connectivity index (χ2n) is 9.03. The summed E-state index contributed by atoms with van der Waals surface area (Å²) in [6.45, 7) is 8.61. The van der Waals surface area contributed by atoms with Gasteiger partial charge in [0.15, 0.2) is 11.5 Å². The van der Waals surface area contributed by atoms with Gasteiger partial charge in [-0.2, -0.15) is 0 Å². The molecule has 1 fully saturated rings. The third kappa shape index (κ3) is 2.99. The summed E-state index contributed by atoms with van der Waals surface area (Å²) in [7, 11) is 1.39. The fraction of sp³-hybridized carbons (Fsp3) is 0.391. The minimum absolute atomic E-state index is 0.157. The molecule has 5 rings (SSSR count). The number of esters is 1. The molecule has 0 N–H and O–H groups in total. The van der Waals surface area contributed by atoms with Crippen LogP contribution in [0.5, 0.6) is 0 Å². The Labute approximate surface area is 178 Å². The number of methoxy groups -OCH3 is 1. The molecular formula is C23H24N4O2S. The second kappa shape index (κ2) is 6.60. The maximum atomic E-state index is 12.1. The number of rotatable bonds is 3. The number of carbonyl (C=O) groups excluding carboxylic acids is 1. The number of hydrogen-bond donors (Lipinski definition) is 0. The van der Waals surface area contributed by atoms with E-state index < -0.39 is 0 Å². The molecule has 154 valence electrons. The van der Waals surface area contributed by atoms with Crippen molar-refractivity contribution in [1.82, 2.24) is 19.6 Å². The van der Waals surface area contributed by atoms with Gasteiger partial charge in [0.05, 0.1) is 12.5 Å². The van der Waals surface area contributed by atoms with Crippen LogP contribution in [-0.2, 0) is 10.2 Å². The van der Waals surface area contributed by atoms with Gasteiger partial charge in [-0.1, -0.05) is 45.0 Å². The van der Waals surface area contributed by atoms with E-state index in [1.165, 1.54) is 29.6 Å². The van der Waals surface area contributed by atoms with Gasteiger partial charge in [-0.25, -0.2) is 19.3 Å². The molecule has 0 saturated heterocycles. The Morgan fingerprint density at radius 3 is 2.60 bits per heavy atom. The van der Waals surface area contributed by atoms with Crippen LogP contribution in [0.4, 0.5) is 0 Å². The third-order valence-corrected chi connectivity index (χ3v) is 7.16. The number of aryl methyl sites for hydroxylation is 1. The van der Waals surface area contributed by atoms with E-state index in [2.05, 4.69) is 50.0 Å². The lowest BCUT2D eigenvalue weighted by Crippen LogP contribution is -2.10. The number of aromatic nitrogens is 4. The van der Waals surface area contributed by atoms with Gasteiger partial charge < -0.3 is 4.74 Å². The molecule has 2 atom stereocenters. The summed E-state index contributed by atoms with van der Waals surface area (Å²) in [4.78, 5) is 22.8. The van der Waals surface area contributed by atoms with Gasteiger partial charge in [-0.15, -0.1) is 16.4 Å². The molecule has 1 aliphatic rings. The van der Waals surface area contributed by atoms with Crippen molar-refractivity contribution >= 4 is 33.2 Å². The fourth-order valence-electron chi connectivity index (χ4n) is 4.07. The number of hydrogen-bond acceptors (Lipinski definition) is 6. The first kappa shape index (κ1) is 19.2. The second-order valence-corrected chi connectivity index (χ2v) is 10.0. The molecule has 3 aromatic heterocycles. The summed E-state index contributed by atoms with van der Waals surface area (Å²) in [6.07, 6.45) is 2.74. The SMILES string of the molecule is COC(=O)c1sc2ncn3nc(C4CC4c4ccc(C(C)(C)C)cc4)nc3c2c1C. The Bertz CT molecular complexity index is 1280. The Balaban J connectivity index is 1.48. The first-order valence-corrected chi connectivity index (χ1v) is 10.9. The van der Waals surface area contributed by atoms with E-state index in [0.29, 0.717) is 16.7 Å². The normalized spacial score (nSPS) is 18.8. The van der Waals surface area contributed by atoms with Crippen molar-refractivity contribution in [3.63, 3.8) is 0 Å². The predicted octanol–water partition coefficient (Wildman–Crippen LogP) is 5.00. The molecule has 6 nitrogen and oxygen atoms in total. The Kier molecular flexibility index (Phi) is 4.22. The van der Waals surface area contributed by atoms with Gasteiger partial charge in [-0.05, 0) is 41.4 Å². The summed E-state index contributed by atoms with van der Waals surface area (Å²) in [5.41, 5.74) is 4.45. The van der Waals surface area contributed by atoms with Crippen molar-refractivity contribution in [2.24, 2.45) is 0 Å². The highest BCUT2D eigenvalue weighted by molar-refractivity contribution is 7.20. The molecule has 7 heteroatoms. The fourth-order valence-corrected chi connectivity index (χ4v) is 5.14. The van der Waals surface area contributed by atoms with Gasteiger partial charge in [0.1, 0.15) is 16.0 Å². The Hall–Kier alpha value is -2.80. The average Bonchev–Trinajstić information content (AvgIpc) is 3.29. The van der Waals surface area contributed by atoms with E-state index in [-0.39, 0.29) is 11.4 Å². The van der Waals surface area contributed by atoms with Gasteiger partial charge in [-0.3, -0.25) is 0 Å². The summed E-state index contributed by atoms with van der Waals surface area (Å²) in [5, 5.41) is 5.59. The van der Waals surface area contributed by atoms with Crippen LogP contribution in [0.2, 0.25) is 0 Å². The number of carbonyl (C=O) groups is 1. The van der Waals surface area contributed by atoms with E-state index in [1.807, 2.05) is 6.92 Å². The molecule has 1 aromatic carbocycles. The van der Waals surface area contributed by atoms with Crippen LogP contribution >= 0.6 is 11.3 Å². The molecule has 4 aromatic rings. The van der Waals surface area contributed by atoms with Crippen molar-refractivity contribution in [2.75, 3.05) is 7.11 Å². The lowest BCUT2D eigenvalue weighted by molar-refractivity contribution is 0.0605. The molecule has 2 unspecified atom stereocenters.